The molecule has 0 rings (SSSR count). The first-order valence-electron chi connectivity index (χ1n) is 3.85. The molecule has 5 heteroatoms. The Labute approximate surface area is 78.4 Å². The van der Waals surface area contributed by atoms with Gasteiger partial charge in [0.05, 0.1) is 6.61 Å². The van der Waals surface area contributed by atoms with Crippen molar-refractivity contribution in [2.24, 2.45) is 0 Å². The minimum atomic E-state index is -2.46. The van der Waals surface area contributed by atoms with Crippen molar-refractivity contribution in [1.82, 2.24) is 0 Å². The monoisotopic (exact) mass is 206 g/mol. The Morgan fingerprint density at radius 2 is 1.92 bits per heavy atom. The van der Waals surface area contributed by atoms with E-state index in [-0.39, 0.29) is 13.2 Å². The summed E-state index contributed by atoms with van der Waals surface area (Å²) in [6.07, 6.45) is 0. The predicted octanol–water partition coefficient (Wildman–Crippen LogP) is 1.66. The van der Waals surface area contributed by atoms with Gasteiger partial charge in [-0.25, -0.2) is 4.79 Å². The lowest BCUT2D eigenvalue weighted by Crippen LogP contribution is -2.10. The number of ether oxygens (including phenoxy) is 1. The third kappa shape index (κ3) is 7.75. The molecule has 0 unspecified atom stereocenters. The fourth-order valence-electron chi connectivity index (χ4n) is 0.515. The van der Waals surface area contributed by atoms with Gasteiger partial charge in [-0.15, -0.1) is 0 Å². The molecule has 0 atom stereocenters. The van der Waals surface area contributed by atoms with Crippen molar-refractivity contribution in [3.8, 4) is 0 Å². The summed E-state index contributed by atoms with van der Waals surface area (Å²) < 4.78 is 20.6. The first-order chi connectivity index (χ1) is 5.83. The number of esters is 1. The topological polar surface area (TPSA) is 52.6 Å². The third-order valence-electron chi connectivity index (χ3n) is 1.07. The number of hydrogen-bond donors (Lipinski definition) is 0. The van der Waals surface area contributed by atoms with Gasteiger partial charge in [0.25, 0.3) is 0 Å². The van der Waals surface area contributed by atoms with Gasteiger partial charge in [-0.2, -0.15) is 0 Å². The van der Waals surface area contributed by atoms with E-state index >= 15 is 0 Å². The molecule has 76 valence electrons. The zero-order valence-corrected chi connectivity index (χ0v) is 9.10. The molecular weight excluding hydrogens is 191 g/mol. The third-order valence-corrected chi connectivity index (χ3v) is 1.87. The van der Waals surface area contributed by atoms with Gasteiger partial charge >= 0.3 is 5.97 Å². The minimum Gasteiger partial charge on any atom is -0.460 e. The molecule has 0 aliphatic carbocycles. The van der Waals surface area contributed by atoms with Gasteiger partial charge in [0.1, 0.15) is 6.61 Å². The number of hydrogen-bond acceptors (Lipinski definition) is 4. The highest BCUT2D eigenvalue weighted by Crippen LogP contribution is 2.36. The van der Waals surface area contributed by atoms with Gasteiger partial charge in [-0.1, -0.05) is 6.58 Å². The second-order valence-corrected chi connectivity index (χ2v) is 5.76. The lowest BCUT2D eigenvalue weighted by molar-refractivity contribution is -0.139. The molecule has 0 bridgehead atoms. The normalized spacial score (nSPS) is 11.0. The minimum absolute atomic E-state index is 0.108. The number of carbonyl (C=O) groups excluding carboxylic acids is 1. The molecule has 0 aliphatic rings. The van der Waals surface area contributed by atoms with Gasteiger partial charge in [-0.05, 0) is 6.92 Å². The van der Waals surface area contributed by atoms with Gasteiger partial charge in [-0.3, -0.25) is 4.57 Å². The molecule has 0 radical (unpaired) electrons. The van der Waals surface area contributed by atoms with E-state index < -0.39 is 13.3 Å². The molecule has 0 aliphatic heterocycles. The van der Waals surface area contributed by atoms with Gasteiger partial charge < -0.3 is 9.26 Å². The Balaban J connectivity index is 3.53. The van der Waals surface area contributed by atoms with Crippen LogP contribution in [0, 0.1) is 0 Å². The second kappa shape index (κ2) is 5.20. The zero-order chi connectivity index (χ0) is 10.5. The van der Waals surface area contributed by atoms with E-state index in [0.29, 0.717) is 5.57 Å². The van der Waals surface area contributed by atoms with E-state index in [4.69, 9.17) is 9.26 Å². The van der Waals surface area contributed by atoms with Crippen molar-refractivity contribution in [3.05, 3.63) is 12.2 Å². The van der Waals surface area contributed by atoms with E-state index in [1.54, 1.807) is 6.92 Å². The summed E-state index contributed by atoms with van der Waals surface area (Å²) in [6.45, 7) is 8.26. The van der Waals surface area contributed by atoms with Crippen LogP contribution in [-0.2, 0) is 18.6 Å². The maximum absolute atomic E-state index is 11.0. The summed E-state index contributed by atoms with van der Waals surface area (Å²) >= 11 is 0. The second-order valence-electron chi connectivity index (χ2n) is 3.00. The van der Waals surface area contributed by atoms with Crippen LogP contribution in [0.2, 0.25) is 0 Å². The van der Waals surface area contributed by atoms with Crippen LogP contribution in [0.4, 0.5) is 0 Å². The van der Waals surface area contributed by atoms with Crippen molar-refractivity contribution < 1.29 is 18.6 Å². The maximum atomic E-state index is 11.0. The lowest BCUT2D eigenvalue weighted by atomic mass is 10.4. The van der Waals surface area contributed by atoms with Crippen molar-refractivity contribution in [1.29, 1.82) is 0 Å². The fourth-order valence-corrected chi connectivity index (χ4v) is 1.03. The highest BCUT2D eigenvalue weighted by Gasteiger charge is 2.07. The summed E-state index contributed by atoms with van der Waals surface area (Å²) in [6, 6.07) is 0. The van der Waals surface area contributed by atoms with Crippen molar-refractivity contribution in [2.45, 2.75) is 6.92 Å². The molecule has 0 spiro atoms. The molecule has 13 heavy (non-hydrogen) atoms. The van der Waals surface area contributed by atoms with E-state index in [0.717, 1.165) is 0 Å². The molecule has 0 aromatic heterocycles. The first-order valence-corrected chi connectivity index (χ1v) is 6.37. The number of carbonyl (C=O) groups is 1. The summed E-state index contributed by atoms with van der Waals surface area (Å²) in [7, 11) is -2.46. The van der Waals surface area contributed by atoms with Crippen LogP contribution in [0.3, 0.4) is 0 Å². The lowest BCUT2D eigenvalue weighted by Gasteiger charge is -2.08. The highest BCUT2D eigenvalue weighted by molar-refractivity contribution is 7.57. The zero-order valence-electron chi connectivity index (χ0n) is 8.20. The van der Waals surface area contributed by atoms with Crippen molar-refractivity contribution in [3.63, 3.8) is 0 Å². The Kier molecular flexibility index (Phi) is 4.96. The predicted molar refractivity (Wildman–Crippen MR) is 51.2 cm³/mol. The Morgan fingerprint density at radius 3 is 2.31 bits per heavy atom. The van der Waals surface area contributed by atoms with Gasteiger partial charge in [0.2, 0.25) is 0 Å². The van der Waals surface area contributed by atoms with Crippen LogP contribution in [-0.4, -0.2) is 32.5 Å². The molecular formula is C8H15O4P. The van der Waals surface area contributed by atoms with Crippen LogP contribution in [0.15, 0.2) is 12.2 Å². The average molecular weight is 206 g/mol. The van der Waals surface area contributed by atoms with Crippen LogP contribution in [0.5, 0.6) is 0 Å². The Morgan fingerprint density at radius 1 is 1.38 bits per heavy atom. The Hall–Kier alpha value is -0.600. The summed E-state index contributed by atoms with van der Waals surface area (Å²) in [5.41, 5.74) is 0.344. The van der Waals surface area contributed by atoms with Crippen molar-refractivity contribution in [2.75, 3.05) is 26.5 Å². The van der Waals surface area contributed by atoms with Gasteiger partial charge in [0.15, 0.2) is 7.37 Å². The van der Waals surface area contributed by atoms with Crippen molar-refractivity contribution >= 4 is 13.3 Å². The molecule has 4 nitrogen and oxygen atoms in total. The summed E-state index contributed by atoms with van der Waals surface area (Å²) in [4.78, 5) is 10.8. The SMILES string of the molecule is C=C(C)C(=O)OCCOP(C)(C)=O. The summed E-state index contributed by atoms with van der Waals surface area (Å²) in [5, 5.41) is 0. The van der Waals surface area contributed by atoms with Crippen LogP contribution >= 0.6 is 7.37 Å². The van der Waals surface area contributed by atoms with E-state index in [1.807, 2.05) is 0 Å². The van der Waals surface area contributed by atoms with E-state index in [9.17, 15) is 9.36 Å². The molecule has 0 saturated carbocycles. The Bertz CT molecular complexity index is 241. The largest absolute Gasteiger partial charge is 0.460 e. The average Bonchev–Trinajstić information content (AvgIpc) is 1.95. The highest BCUT2D eigenvalue weighted by atomic mass is 31.2. The quantitative estimate of drug-likeness (QED) is 0.297. The van der Waals surface area contributed by atoms with E-state index in [1.165, 1.54) is 13.3 Å². The van der Waals surface area contributed by atoms with Crippen LogP contribution in [0.25, 0.3) is 0 Å². The van der Waals surface area contributed by atoms with Gasteiger partial charge in [0, 0.05) is 18.9 Å². The van der Waals surface area contributed by atoms with Crippen LogP contribution < -0.4 is 0 Å². The summed E-state index contributed by atoms with van der Waals surface area (Å²) in [5.74, 6) is -0.453. The van der Waals surface area contributed by atoms with E-state index in [2.05, 4.69) is 6.58 Å². The fraction of sp³-hybridized carbons (Fsp3) is 0.625. The molecule has 0 heterocycles. The molecule has 0 amide bonds. The molecule has 0 aromatic carbocycles. The van der Waals surface area contributed by atoms with Crippen LogP contribution in [0.1, 0.15) is 6.92 Å². The first kappa shape index (κ1) is 12.4. The molecule has 0 fully saturated rings. The molecule has 0 N–H and O–H groups in total. The maximum Gasteiger partial charge on any atom is 0.333 e. The molecule has 0 aromatic rings. The number of rotatable bonds is 5. The standard InChI is InChI=1S/C8H15O4P/c1-7(2)8(9)11-5-6-12-13(3,4)10/h1,5-6H2,2-4H3. The smallest absolute Gasteiger partial charge is 0.333 e. The molecule has 0 saturated heterocycles.